The summed E-state index contributed by atoms with van der Waals surface area (Å²) < 4.78 is 49.6. The SMILES string of the molecule is Cc1nc(NS(=O)(=O)c2cccc(Br)c2)sc1S(=O)(=O)Cl. The van der Waals surface area contributed by atoms with Gasteiger partial charge in [-0.05, 0) is 25.1 Å². The summed E-state index contributed by atoms with van der Waals surface area (Å²) in [6.07, 6.45) is 0. The first-order valence-electron chi connectivity index (χ1n) is 5.30. The van der Waals surface area contributed by atoms with E-state index in [4.69, 9.17) is 10.7 Å². The molecule has 0 saturated carbocycles. The largest absolute Gasteiger partial charge is 0.272 e. The second-order valence-corrected chi connectivity index (χ2v) is 10.3. The van der Waals surface area contributed by atoms with Crippen molar-refractivity contribution in [1.29, 1.82) is 0 Å². The molecule has 11 heteroatoms. The Morgan fingerprint density at radius 2 is 1.95 bits per heavy atom. The lowest BCUT2D eigenvalue weighted by Crippen LogP contribution is -2.12. The highest BCUT2D eigenvalue weighted by atomic mass is 79.9. The van der Waals surface area contributed by atoms with Crippen LogP contribution in [0.15, 0.2) is 37.8 Å². The van der Waals surface area contributed by atoms with Crippen molar-refractivity contribution in [2.24, 2.45) is 0 Å². The van der Waals surface area contributed by atoms with Crippen molar-refractivity contribution in [2.45, 2.75) is 16.0 Å². The minimum atomic E-state index is -3.95. The first kappa shape index (κ1) is 16.7. The number of hydrogen-bond donors (Lipinski definition) is 1. The molecule has 2 rings (SSSR count). The smallest absolute Gasteiger partial charge is 0.255 e. The van der Waals surface area contributed by atoms with E-state index in [0.717, 1.165) is 0 Å². The quantitative estimate of drug-likeness (QED) is 0.751. The van der Waals surface area contributed by atoms with Gasteiger partial charge in [0.1, 0.15) is 0 Å². The maximum absolute atomic E-state index is 12.2. The predicted octanol–water partition coefficient (Wildman–Crippen LogP) is 2.94. The highest BCUT2D eigenvalue weighted by molar-refractivity contribution is 9.10. The molecule has 0 spiro atoms. The third-order valence-corrected chi connectivity index (χ3v) is 7.51. The molecule has 0 bridgehead atoms. The number of aromatic nitrogens is 1. The van der Waals surface area contributed by atoms with Crippen molar-refractivity contribution >= 4 is 62.2 Å². The molecule has 0 aliphatic carbocycles. The van der Waals surface area contributed by atoms with Gasteiger partial charge in [-0.1, -0.05) is 33.3 Å². The Morgan fingerprint density at radius 1 is 1.29 bits per heavy atom. The van der Waals surface area contributed by atoms with Gasteiger partial charge in [0.25, 0.3) is 19.1 Å². The van der Waals surface area contributed by atoms with E-state index in [2.05, 4.69) is 25.6 Å². The Hall–Kier alpha value is -0.680. The maximum atomic E-state index is 12.2. The average Bonchev–Trinajstić information content (AvgIpc) is 2.69. The first-order valence-corrected chi connectivity index (χ1v) is 10.7. The third-order valence-electron chi connectivity index (χ3n) is 2.30. The van der Waals surface area contributed by atoms with E-state index in [1.807, 2.05) is 0 Å². The Kier molecular flexibility index (Phi) is 4.64. The zero-order valence-electron chi connectivity index (χ0n) is 10.4. The van der Waals surface area contributed by atoms with Crippen LogP contribution in [0.2, 0.25) is 0 Å². The van der Waals surface area contributed by atoms with Crippen molar-refractivity contribution in [2.75, 3.05) is 4.72 Å². The van der Waals surface area contributed by atoms with Gasteiger partial charge >= 0.3 is 0 Å². The summed E-state index contributed by atoms with van der Waals surface area (Å²) in [6.45, 7) is 1.43. The molecule has 0 aliphatic rings. The Bertz CT molecular complexity index is 893. The van der Waals surface area contributed by atoms with Crippen LogP contribution in [-0.4, -0.2) is 21.8 Å². The molecule has 1 N–H and O–H groups in total. The van der Waals surface area contributed by atoms with Gasteiger partial charge < -0.3 is 0 Å². The molecular formula is C10H8BrClN2O4S3. The Balaban J connectivity index is 2.38. The molecule has 6 nitrogen and oxygen atoms in total. The molecule has 1 heterocycles. The Morgan fingerprint density at radius 3 is 2.48 bits per heavy atom. The monoisotopic (exact) mass is 430 g/mol. The second-order valence-electron chi connectivity index (χ2n) is 3.89. The van der Waals surface area contributed by atoms with Crippen LogP contribution in [0, 0.1) is 6.92 Å². The summed E-state index contributed by atoms with van der Waals surface area (Å²) >= 11 is 3.84. The lowest BCUT2D eigenvalue weighted by molar-refractivity contribution is 0.601. The van der Waals surface area contributed by atoms with Crippen molar-refractivity contribution in [1.82, 2.24) is 4.98 Å². The molecule has 21 heavy (non-hydrogen) atoms. The first-order chi connectivity index (χ1) is 9.59. The number of nitrogens with zero attached hydrogens (tertiary/aromatic N) is 1. The second kappa shape index (κ2) is 5.84. The topological polar surface area (TPSA) is 93.2 Å². The van der Waals surface area contributed by atoms with Gasteiger partial charge in [-0.25, -0.2) is 21.8 Å². The fourth-order valence-electron chi connectivity index (χ4n) is 1.46. The predicted molar refractivity (Wildman–Crippen MR) is 84.8 cm³/mol. The number of hydrogen-bond acceptors (Lipinski definition) is 6. The van der Waals surface area contributed by atoms with Crippen LogP contribution in [0.5, 0.6) is 0 Å². The highest BCUT2D eigenvalue weighted by Gasteiger charge is 2.22. The number of benzene rings is 1. The van der Waals surface area contributed by atoms with Crippen LogP contribution in [0.1, 0.15) is 5.69 Å². The van der Waals surface area contributed by atoms with Gasteiger partial charge in [-0.2, -0.15) is 0 Å². The van der Waals surface area contributed by atoms with E-state index in [9.17, 15) is 16.8 Å². The molecule has 0 saturated heterocycles. The number of thiazole rings is 1. The number of aryl methyl sites for hydroxylation is 1. The van der Waals surface area contributed by atoms with Gasteiger partial charge in [0.2, 0.25) is 0 Å². The minimum absolute atomic E-state index is 0.0278. The summed E-state index contributed by atoms with van der Waals surface area (Å²) in [5.74, 6) is 0. The van der Waals surface area contributed by atoms with Crippen LogP contribution >= 0.6 is 37.9 Å². The molecule has 0 unspecified atom stereocenters. The molecule has 0 radical (unpaired) electrons. The number of halogens is 2. The molecule has 0 aliphatic heterocycles. The van der Waals surface area contributed by atoms with Crippen LogP contribution in [0.3, 0.4) is 0 Å². The number of sulfonamides is 1. The van der Waals surface area contributed by atoms with Gasteiger partial charge in [0.15, 0.2) is 9.34 Å². The average molecular weight is 432 g/mol. The Labute approximate surface area is 138 Å². The summed E-state index contributed by atoms with van der Waals surface area (Å²) in [5.41, 5.74) is 0.141. The van der Waals surface area contributed by atoms with E-state index in [1.54, 1.807) is 12.1 Å². The van der Waals surface area contributed by atoms with E-state index >= 15 is 0 Å². The standard InChI is InChI=1S/C10H8BrClN2O4S3/c1-6-9(20(12,15)16)19-10(13-6)14-21(17,18)8-4-2-3-7(11)5-8/h2-5H,1H3,(H,13,14). The molecule has 2 aromatic rings. The van der Waals surface area contributed by atoms with Gasteiger partial charge in [0.05, 0.1) is 10.6 Å². The van der Waals surface area contributed by atoms with E-state index < -0.39 is 19.1 Å². The summed E-state index contributed by atoms with van der Waals surface area (Å²) in [6, 6.07) is 6.08. The van der Waals surface area contributed by atoms with Crippen molar-refractivity contribution < 1.29 is 16.8 Å². The third kappa shape index (κ3) is 3.95. The summed E-state index contributed by atoms with van der Waals surface area (Å²) in [7, 11) is -2.56. The molecule has 0 amide bonds. The van der Waals surface area contributed by atoms with E-state index in [-0.39, 0.29) is 19.9 Å². The van der Waals surface area contributed by atoms with Crippen LogP contribution in [0.4, 0.5) is 5.13 Å². The normalized spacial score (nSPS) is 12.3. The number of anilines is 1. The molecule has 0 atom stereocenters. The maximum Gasteiger partial charge on any atom is 0.272 e. The molecule has 1 aromatic carbocycles. The number of nitrogens with one attached hydrogen (secondary N) is 1. The van der Waals surface area contributed by atoms with Gasteiger partial charge in [-0.15, -0.1) is 0 Å². The number of rotatable bonds is 4. The molecule has 1 aromatic heterocycles. The summed E-state index contributed by atoms with van der Waals surface area (Å²) in [4.78, 5) is 3.89. The van der Waals surface area contributed by atoms with Crippen molar-refractivity contribution in [3.63, 3.8) is 0 Å². The zero-order chi connectivity index (χ0) is 15.8. The lowest BCUT2D eigenvalue weighted by atomic mass is 10.4. The van der Waals surface area contributed by atoms with Gasteiger partial charge in [0, 0.05) is 15.2 Å². The molecule has 114 valence electrons. The van der Waals surface area contributed by atoms with Crippen molar-refractivity contribution in [3.8, 4) is 0 Å². The highest BCUT2D eigenvalue weighted by Crippen LogP contribution is 2.31. The van der Waals surface area contributed by atoms with Crippen LogP contribution in [0.25, 0.3) is 0 Å². The fraction of sp³-hybridized carbons (Fsp3) is 0.100. The van der Waals surface area contributed by atoms with Crippen molar-refractivity contribution in [3.05, 3.63) is 34.4 Å². The van der Waals surface area contributed by atoms with Gasteiger partial charge in [-0.3, -0.25) is 4.72 Å². The lowest BCUT2D eigenvalue weighted by Gasteiger charge is -2.05. The summed E-state index contributed by atoms with van der Waals surface area (Å²) in [5, 5.41) is -0.0632. The molecular weight excluding hydrogens is 424 g/mol. The van der Waals surface area contributed by atoms with E-state index in [1.165, 1.54) is 19.1 Å². The minimum Gasteiger partial charge on any atom is -0.255 e. The van der Waals surface area contributed by atoms with E-state index in [0.29, 0.717) is 15.8 Å². The van der Waals surface area contributed by atoms with Crippen LogP contribution < -0.4 is 4.72 Å². The van der Waals surface area contributed by atoms with Crippen LogP contribution in [-0.2, 0) is 19.1 Å². The fourth-order valence-corrected chi connectivity index (χ4v) is 5.64. The zero-order valence-corrected chi connectivity index (χ0v) is 15.2. The molecule has 0 fully saturated rings.